The fourth-order valence-electron chi connectivity index (χ4n) is 2.21. The number of halogens is 2. The van der Waals surface area contributed by atoms with Crippen LogP contribution in [0.3, 0.4) is 0 Å². The molecule has 5 heteroatoms. The number of ketones is 1. The van der Waals surface area contributed by atoms with Gasteiger partial charge < -0.3 is 9.47 Å². The van der Waals surface area contributed by atoms with Gasteiger partial charge in [-0.3, -0.25) is 4.79 Å². The van der Waals surface area contributed by atoms with Crippen LogP contribution < -0.4 is 0 Å². The van der Waals surface area contributed by atoms with Gasteiger partial charge in [-0.15, -0.1) is 0 Å². The Hall–Kier alpha value is -0.420. The summed E-state index contributed by atoms with van der Waals surface area (Å²) in [7, 11) is 1.66. The molecule has 0 amide bonds. The first-order valence-electron chi connectivity index (χ1n) is 7.75. The summed E-state index contributed by atoms with van der Waals surface area (Å²) >= 11 is 9.35. The minimum atomic E-state index is -0.286. The Morgan fingerprint density at radius 2 is 1.83 bits per heavy atom. The zero-order chi connectivity index (χ0) is 17.5. The van der Waals surface area contributed by atoms with E-state index in [1.165, 1.54) is 0 Å². The molecule has 3 nitrogen and oxygen atoms in total. The van der Waals surface area contributed by atoms with Gasteiger partial charge in [0.25, 0.3) is 0 Å². The summed E-state index contributed by atoms with van der Waals surface area (Å²) in [6.07, 6.45) is 1.25. The van der Waals surface area contributed by atoms with Crippen LogP contribution in [0.1, 0.15) is 32.8 Å². The largest absolute Gasteiger partial charge is 0.384 e. The maximum absolute atomic E-state index is 12.4. The monoisotopic (exact) mass is 404 g/mol. The SMILES string of the molecule is COC[C@@H](CC(=O)[C@H](Br)COC(C)(C)C)Cc1ccc(Cl)cc1. The molecule has 0 aliphatic carbocycles. The molecule has 0 heterocycles. The Morgan fingerprint density at radius 3 is 2.35 bits per heavy atom. The Kier molecular flexibility index (Phi) is 8.76. The fourth-order valence-corrected chi connectivity index (χ4v) is 2.65. The number of ether oxygens (including phenoxy) is 2. The van der Waals surface area contributed by atoms with E-state index >= 15 is 0 Å². The number of alkyl halides is 1. The van der Waals surface area contributed by atoms with Gasteiger partial charge in [0.2, 0.25) is 0 Å². The molecule has 0 aliphatic heterocycles. The Morgan fingerprint density at radius 1 is 1.22 bits per heavy atom. The molecule has 23 heavy (non-hydrogen) atoms. The molecule has 0 aliphatic rings. The van der Waals surface area contributed by atoms with Crippen LogP contribution in [-0.2, 0) is 20.7 Å². The van der Waals surface area contributed by atoms with Crippen LogP contribution in [0.4, 0.5) is 0 Å². The average molecular weight is 406 g/mol. The van der Waals surface area contributed by atoms with Crippen molar-refractivity contribution in [1.29, 1.82) is 0 Å². The molecule has 0 saturated heterocycles. The summed E-state index contributed by atoms with van der Waals surface area (Å²) in [5.41, 5.74) is 0.906. The van der Waals surface area contributed by atoms with Crippen LogP contribution in [0.5, 0.6) is 0 Å². The number of Topliss-reactive ketones (excluding diaryl/α,β-unsaturated/α-hetero) is 1. The molecule has 0 aromatic heterocycles. The molecule has 2 atom stereocenters. The molecule has 0 spiro atoms. The average Bonchev–Trinajstić information content (AvgIpc) is 2.46. The topological polar surface area (TPSA) is 35.5 Å². The van der Waals surface area contributed by atoms with Crippen molar-refractivity contribution < 1.29 is 14.3 Å². The lowest BCUT2D eigenvalue weighted by Crippen LogP contribution is -2.29. The Balaban J connectivity index is 2.56. The third-order valence-electron chi connectivity index (χ3n) is 3.34. The summed E-state index contributed by atoms with van der Waals surface area (Å²) in [5, 5.41) is 0.716. The first-order chi connectivity index (χ1) is 10.7. The maximum atomic E-state index is 12.4. The van der Waals surface area contributed by atoms with Crippen molar-refractivity contribution >= 4 is 33.3 Å². The fraction of sp³-hybridized carbons (Fsp3) is 0.611. The molecule has 130 valence electrons. The second-order valence-electron chi connectivity index (χ2n) is 6.71. The van der Waals surface area contributed by atoms with Crippen molar-refractivity contribution in [1.82, 2.24) is 0 Å². The number of benzene rings is 1. The van der Waals surface area contributed by atoms with Gasteiger partial charge in [-0.05, 0) is 50.8 Å². The van der Waals surface area contributed by atoms with E-state index in [-0.39, 0.29) is 22.1 Å². The number of rotatable bonds is 9. The van der Waals surface area contributed by atoms with E-state index in [1.807, 2.05) is 45.0 Å². The molecule has 0 fully saturated rings. The van der Waals surface area contributed by atoms with Gasteiger partial charge in [-0.1, -0.05) is 39.7 Å². The predicted octanol–water partition coefficient (Wildman–Crippen LogP) is 4.68. The number of methoxy groups -OCH3 is 1. The first kappa shape index (κ1) is 20.6. The summed E-state index contributed by atoms with van der Waals surface area (Å²) in [5.74, 6) is 0.286. The third kappa shape index (κ3) is 8.85. The van der Waals surface area contributed by atoms with Gasteiger partial charge in [0.1, 0.15) is 5.78 Å². The molecule has 0 radical (unpaired) electrons. The quantitative estimate of drug-likeness (QED) is 0.559. The van der Waals surface area contributed by atoms with Crippen LogP contribution in [0.2, 0.25) is 5.02 Å². The Bertz CT molecular complexity index is 482. The van der Waals surface area contributed by atoms with E-state index in [0.717, 1.165) is 12.0 Å². The van der Waals surface area contributed by atoms with Gasteiger partial charge in [-0.2, -0.15) is 0 Å². The minimum absolute atomic E-state index is 0.142. The van der Waals surface area contributed by atoms with Gasteiger partial charge in [0.05, 0.1) is 17.0 Å². The molecular formula is C18H26BrClO3. The van der Waals surface area contributed by atoms with Gasteiger partial charge in [-0.25, -0.2) is 0 Å². The molecule has 0 unspecified atom stereocenters. The van der Waals surface area contributed by atoms with Crippen molar-refractivity contribution in [3.05, 3.63) is 34.9 Å². The smallest absolute Gasteiger partial charge is 0.149 e. The highest BCUT2D eigenvalue weighted by Gasteiger charge is 2.22. The van der Waals surface area contributed by atoms with Crippen LogP contribution in [0, 0.1) is 5.92 Å². The van der Waals surface area contributed by atoms with Crippen molar-refractivity contribution in [2.24, 2.45) is 5.92 Å². The van der Waals surface area contributed by atoms with Crippen LogP contribution in [-0.4, -0.2) is 36.5 Å². The summed E-state index contributed by atoms with van der Waals surface area (Å²) in [6, 6.07) is 7.72. The second kappa shape index (κ2) is 9.77. The minimum Gasteiger partial charge on any atom is -0.384 e. The van der Waals surface area contributed by atoms with Crippen molar-refractivity contribution in [2.75, 3.05) is 20.3 Å². The summed E-state index contributed by atoms with van der Waals surface area (Å²) in [6.45, 7) is 6.86. The van der Waals surface area contributed by atoms with Gasteiger partial charge in [0, 0.05) is 25.2 Å². The molecule has 0 saturated carbocycles. The number of hydrogen-bond acceptors (Lipinski definition) is 3. The lowest BCUT2D eigenvalue weighted by atomic mass is 9.94. The number of hydrogen-bond donors (Lipinski definition) is 0. The predicted molar refractivity (Wildman–Crippen MR) is 98.6 cm³/mol. The number of carbonyl (C=O) groups excluding carboxylic acids is 1. The molecule has 0 N–H and O–H groups in total. The zero-order valence-electron chi connectivity index (χ0n) is 14.3. The summed E-state index contributed by atoms with van der Waals surface area (Å²) < 4.78 is 10.9. The maximum Gasteiger partial charge on any atom is 0.149 e. The third-order valence-corrected chi connectivity index (χ3v) is 4.37. The second-order valence-corrected chi connectivity index (χ2v) is 8.26. The summed E-state index contributed by atoms with van der Waals surface area (Å²) in [4.78, 5) is 12.1. The lowest BCUT2D eigenvalue weighted by molar-refractivity contribution is -0.121. The first-order valence-corrected chi connectivity index (χ1v) is 9.04. The van der Waals surface area contributed by atoms with E-state index in [9.17, 15) is 4.79 Å². The van der Waals surface area contributed by atoms with Crippen molar-refractivity contribution in [2.45, 2.75) is 44.0 Å². The normalized spacial score (nSPS) is 14.5. The molecule has 1 aromatic carbocycles. The molecule has 1 rings (SSSR count). The standard InChI is InChI=1S/C18H26BrClO3/c1-18(2,3)23-12-16(19)17(21)10-14(11-22-4)9-13-5-7-15(20)8-6-13/h5-8,14,16H,9-12H2,1-4H3/t14-,16-/m1/s1. The molecular weight excluding hydrogens is 380 g/mol. The molecule has 1 aromatic rings. The van der Waals surface area contributed by atoms with E-state index in [4.69, 9.17) is 21.1 Å². The van der Waals surface area contributed by atoms with E-state index in [2.05, 4.69) is 15.9 Å². The highest BCUT2D eigenvalue weighted by atomic mass is 79.9. The van der Waals surface area contributed by atoms with Gasteiger partial charge >= 0.3 is 0 Å². The van der Waals surface area contributed by atoms with Crippen molar-refractivity contribution in [3.8, 4) is 0 Å². The Labute approximate surface area is 152 Å². The van der Waals surface area contributed by atoms with Crippen LogP contribution in [0.25, 0.3) is 0 Å². The van der Waals surface area contributed by atoms with Crippen LogP contribution >= 0.6 is 27.5 Å². The van der Waals surface area contributed by atoms with Crippen LogP contribution in [0.15, 0.2) is 24.3 Å². The van der Waals surface area contributed by atoms with E-state index < -0.39 is 0 Å². The van der Waals surface area contributed by atoms with E-state index in [1.54, 1.807) is 7.11 Å². The van der Waals surface area contributed by atoms with E-state index in [0.29, 0.717) is 24.7 Å². The highest BCUT2D eigenvalue weighted by Crippen LogP contribution is 2.19. The molecule has 0 bridgehead atoms. The van der Waals surface area contributed by atoms with Crippen molar-refractivity contribution in [3.63, 3.8) is 0 Å². The lowest BCUT2D eigenvalue weighted by Gasteiger charge is -2.22. The zero-order valence-corrected chi connectivity index (χ0v) is 16.6. The number of carbonyl (C=O) groups is 1. The highest BCUT2D eigenvalue weighted by molar-refractivity contribution is 9.10. The van der Waals surface area contributed by atoms with Gasteiger partial charge in [0.15, 0.2) is 0 Å².